The summed E-state index contributed by atoms with van der Waals surface area (Å²) < 4.78 is 11.2. The van der Waals surface area contributed by atoms with Crippen molar-refractivity contribution in [1.82, 2.24) is 0 Å². The van der Waals surface area contributed by atoms with E-state index in [1.54, 1.807) is 37.7 Å². The van der Waals surface area contributed by atoms with Gasteiger partial charge in [0.2, 0.25) is 5.78 Å². The molecule has 3 nitrogen and oxygen atoms in total. The van der Waals surface area contributed by atoms with Gasteiger partial charge in [0.25, 0.3) is 0 Å². The molecule has 21 heavy (non-hydrogen) atoms. The summed E-state index contributed by atoms with van der Waals surface area (Å²) in [6, 6.07) is 5.54. The Kier molecular flexibility index (Phi) is 4.04. The van der Waals surface area contributed by atoms with E-state index in [-0.39, 0.29) is 5.78 Å². The monoisotopic (exact) mass is 366 g/mol. The van der Waals surface area contributed by atoms with Gasteiger partial charge in [-0.2, -0.15) is 0 Å². The SMILES string of the molecule is COc1cc(Br)c(C(=O)c2cc3c(s2)CCC3)cc1OC. The second kappa shape index (κ2) is 5.81. The van der Waals surface area contributed by atoms with E-state index in [1.807, 2.05) is 6.07 Å². The molecule has 0 atom stereocenters. The molecule has 1 aromatic carbocycles. The van der Waals surface area contributed by atoms with Crippen molar-refractivity contribution in [2.45, 2.75) is 19.3 Å². The number of carbonyl (C=O) groups is 1. The molecule has 110 valence electrons. The highest BCUT2D eigenvalue weighted by atomic mass is 79.9. The van der Waals surface area contributed by atoms with E-state index in [1.165, 1.54) is 16.9 Å². The molecule has 1 heterocycles. The van der Waals surface area contributed by atoms with Gasteiger partial charge in [0, 0.05) is 14.9 Å². The van der Waals surface area contributed by atoms with Crippen molar-refractivity contribution < 1.29 is 14.3 Å². The Hall–Kier alpha value is -1.33. The number of halogens is 1. The highest BCUT2D eigenvalue weighted by Crippen LogP contribution is 2.37. The summed E-state index contributed by atoms with van der Waals surface area (Å²) in [6.45, 7) is 0. The van der Waals surface area contributed by atoms with Crippen LogP contribution in [0.25, 0.3) is 0 Å². The lowest BCUT2D eigenvalue weighted by atomic mass is 10.1. The van der Waals surface area contributed by atoms with Crippen LogP contribution in [0.2, 0.25) is 0 Å². The van der Waals surface area contributed by atoms with Crippen molar-refractivity contribution >= 4 is 33.0 Å². The Morgan fingerprint density at radius 1 is 1.14 bits per heavy atom. The minimum Gasteiger partial charge on any atom is -0.493 e. The van der Waals surface area contributed by atoms with Gasteiger partial charge < -0.3 is 9.47 Å². The van der Waals surface area contributed by atoms with E-state index in [2.05, 4.69) is 15.9 Å². The Bertz CT molecular complexity index is 684. The number of aryl methyl sites for hydroxylation is 2. The normalized spacial score (nSPS) is 13.1. The molecule has 1 aliphatic carbocycles. The van der Waals surface area contributed by atoms with Crippen LogP contribution in [0, 0.1) is 0 Å². The van der Waals surface area contributed by atoms with Crippen molar-refractivity contribution in [2.75, 3.05) is 14.2 Å². The number of methoxy groups -OCH3 is 2. The molecule has 0 fully saturated rings. The third-order valence-corrected chi connectivity index (χ3v) is 5.58. The van der Waals surface area contributed by atoms with Crippen LogP contribution in [0.4, 0.5) is 0 Å². The lowest BCUT2D eigenvalue weighted by molar-refractivity contribution is 0.104. The minimum atomic E-state index is 0.0298. The number of fused-ring (bicyclic) bond motifs is 1. The van der Waals surface area contributed by atoms with Gasteiger partial charge in [-0.15, -0.1) is 11.3 Å². The molecule has 0 bridgehead atoms. The predicted octanol–water partition coefficient (Wildman–Crippen LogP) is 4.25. The molecule has 0 unspecified atom stereocenters. The van der Waals surface area contributed by atoms with E-state index < -0.39 is 0 Å². The fourth-order valence-electron chi connectivity index (χ4n) is 2.60. The molecule has 3 rings (SSSR count). The fraction of sp³-hybridized carbons (Fsp3) is 0.312. The zero-order chi connectivity index (χ0) is 15.0. The van der Waals surface area contributed by atoms with E-state index >= 15 is 0 Å². The number of hydrogen-bond donors (Lipinski definition) is 0. The average Bonchev–Trinajstić information content (AvgIpc) is 3.07. The Labute approximate surface area is 136 Å². The second-order valence-corrected chi connectivity index (χ2v) is 6.92. The van der Waals surface area contributed by atoms with Gasteiger partial charge in [-0.25, -0.2) is 0 Å². The zero-order valence-electron chi connectivity index (χ0n) is 11.9. The number of rotatable bonds is 4. The first-order valence-corrected chi connectivity index (χ1v) is 8.32. The zero-order valence-corrected chi connectivity index (χ0v) is 14.3. The smallest absolute Gasteiger partial charge is 0.204 e. The van der Waals surface area contributed by atoms with Gasteiger partial charge in [0.1, 0.15) is 0 Å². The van der Waals surface area contributed by atoms with Crippen LogP contribution in [0.1, 0.15) is 32.1 Å². The van der Waals surface area contributed by atoms with E-state index in [0.717, 1.165) is 22.2 Å². The summed E-state index contributed by atoms with van der Waals surface area (Å²) in [5.74, 6) is 1.20. The largest absolute Gasteiger partial charge is 0.493 e. The molecule has 0 saturated heterocycles. The maximum absolute atomic E-state index is 12.7. The highest BCUT2D eigenvalue weighted by Gasteiger charge is 2.22. The Morgan fingerprint density at radius 2 is 1.86 bits per heavy atom. The first-order valence-electron chi connectivity index (χ1n) is 6.72. The van der Waals surface area contributed by atoms with E-state index in [0.29, 0.717) is 17.1 Å². The molecular formula is C16H15BrO3S. The maximum Gasteiger partial charge on any atom is 0.204 e. The van der Waals surface area contributed by atoms with E-state index in [9.17, 15) is 4.79 Å². The summed E-state index contributed by atoms with van der Waals surface area (Å²) in [4.78, 5) is 14.9. The highest BCUT2D eigenvalue weighted by molar-refractivity contribution is 9.10. The molecule has 0 spiro atoms. The molecule has 0 saturated carbocycles. The molecule has 1 aliphatic rings. The molecular weight excluding hydrogens is 352 g/mol. The van der Waals surface area contributed by atoms with Gasteiger partial charge in [0.15, 0.2) is 11.5 Å². The van der Waals surface area contributed by atoms with Gasteiger partial charge in [-0.3, -0.25) is 4.79 Å². The van der Waals surface area contributed by atoms with Crippen LogP contribution < -0.4 is 9.47 Å². The number of carbonyl (C=O) groups excluding carboxylic acids is 1. The standard InChI is InChI=1S/C16H15BrO3S/c1-19-12-7-10(11(17)8-13(12)20-2)16(18)15-6-9-4-3-5-14(9)21-15/h6-8H,3-5H2,1-2H3. The van der Waals surface area contributed by atoms with Crippen molar-refractivity contribution in [3.05, 3.63) is 43.6 Å². The molecule has 1 aromatic heterocycles. The average molecular weight is 367 g/mol. The van der Waals surface area contributed by atoms with Crippen molar-refractivity contribution in [2.24, 2.45) is 0 Å². The number of benzene rings is 1. The number of hydrogen-bond acceptors (Lipinski definition) is 4. The molecule has 2 aromatic rings. The molecule has 0 radical (unpaired) electrons. The quantitative estimate of drug-likeness (QED) is 0.758. The third kappa shape index (κ3) is 2.60. The summed E-state index contributed by atoms with van der Waals surface area (Å²) in [6.07, 6.45) is 3.39. The lowest BCUT2D eigenvalue weighted by Crippen LogP contribution is -2.02. The van der Waals surface area contributed by atoms with Crippen LogP contribution in [0.5, 0.6) is 11.5 Å². The topological polar surface area (TPSA) is 35.5 Å². The van der Waals surface area contributed by atoms with Crippen LogP contribution >= 0.6 is 27.3 Å². The second-order valence-electron chi connectivity index (χ2n) is 4.93. The minimum absolute atomic E-state index is 0.0298. The van der Waals surface area contributed by atoms with Gasteiger partial charge in [-0.1, -0.05) is 0 Å². The third-order valence-electron chi connectivity index (χ3n) is 3.69. The van der Waals surface area contributed by atoms with Crippen LogP contribution in [-0.4, -0.2) is 20.0 Å². The van der Waals surface area contributed by atoms with Crippen molar-refractivity contribution in [1.29, 1.82) is 0 Å². The van der Waals surface area contributed by atoms with Gasteiger partial charge in [0.05, 0.1) is 19.1 Å². The molecule has 5 heteroatoms. The summed E-state index contributed by atoms with van der Waals surface area (Å²) >= 11 is 5.07. The Balaban J connectivity index is 2.00. The fourth-order valence-corrected chi connectivity index (χ4v) is 4.31. The Morgan fingerprint density at radius 3 is 2.52 bits per heavy atom. The van der Waals surface area contributed by atoms with Gasteiger partial charge in [-0.05, 0) is 59.0 Å². The predicted molar refractivity (Wildman–Crippen MR) is 87.0 cm³/mol. The van der Waals surface area contributed by atoms with Gasteiger partial charge >= 0.3 is 0 Å². The first kappa shape index (κ1) is 14.6. The summed E-state index contributed by atoms with van der Waals surface area (Å²) in [5, 5.41) is 0. The van der Waals surface area contributed by atoms with Crippen LogP contribution in [0.15, 0.2) is 22.7 Å². The molecule has 0 N–H and O–H groups in total. The summed E-state index contributed by atoms with van der Waals surface area (Å²) in [5.41, 5.74) is 1.94. The first-order chi connectivity index (χ1) is 10.1. The number of ketones is 1. The molecule has 0 amide bonds. The molecule has 0 aliphatic heterocycles. The maximum atomic E-state index is 12.7. The number of ether oxygens (including phenoxy) is 2. The van der Waals surface area contributed by atoms with Crippen molar-refractivity contribution in [3.63, 3.8) is 0 Å². The van der Waals surface area contributed by atoms with Crippen LogP contribution in [-0.2, 0) is 12.8 Å². The van der Waals surface area contributed by atoms with Crippen LogP contribution in [0.3, 0.4) is 0 Å². The van der Waals surface area contributed by atoms with Crippen molar-refractivity contribution in [3.8, 4) is 11.5 Å². The van der Waals surface area contributed by atoms with E-state index in [4.69, 9.17) is 9.47 Å². The lowest BCUT2D eigenvalue weighted by Gasteiger charge is -2.10. The number of thiophene rings is 1. The summed E-state index contributed by atoms with van der Waals surface area (Å²) in [7, 11) is 3.15.